The highest BCUT2D eigenvalue weighted by atomic mass is 32.1. The number of hydrogen-bond donors (Lipinski definition) is 1. The van der Waals surface area contributed by atoms with Crippen LogP contribution in [0.15, 0.2) is 60.0 Å². The fraction of sp³-hybridized carbons (Fsp3) is 0.130. The van der Waals surface area contributed by atoms with Crippen LogP contribution in [0, 0.1) is 10.1 Å². The van der Waals surface area contributed by atoms with Gasteiger partial charge in [-0.05, 0) is 36.3 Å². The van der Waals surface area contributed by atoms with Crippen molar-refractivity contribution >= 4 is 40.0 Å². The Labute approximate surface area is 188 Å². The van der Waals surface area contributed by atoms with Gasteiger partial charge in [0, 0.05) is 29.2 Å². The number of rotatable bonds is 8. The van der Waals surface area contributed by atoms with Crippen molar-refractivity contribution in [2.45, 2.75) is 6.92 Å². The molecule has 0 aliphatic rings. The first-order valence-corrected chi connectivity index (χ1v) is 10.5. The molecule has 1 heterocycles. The summed E-state index contributed by atoms with van der Waals surface area (Å²) in [6.07, 6.45) is 2.98. The Morgan fingerprint density at radius 2 is 1.94 bits per heavy atom. The lowest BCUT2D eigenvalue weighted by molar-refractivity contribution is -0.384. The molecule has 0 atom stereocenters. The second kappa shape index (κ2) is 10.4. The monoisotopic (exact) mass is 452 g/mol. The van der Waals surface area contributed by atoms with Crippen molar-refractivity contribution in [3.63, 3.8) is 0 Å². The molecule has 3 aromatic rings. The number of anilines is 1. The number of ether oxygens (including phenoxy) is 2. The SMILES string of the molecule is CCOC(=O)c1c(-c2cccc([N+](=O)[O-])c2)csc1NC(=O)C=Cc1ccc(OC)cc1. The number of benzene rings is 2. The summed E-state index contributed by atoms with van der Waals surface area (Å²) in [4.78, 5) is 35.7. The van der Waals surface area contributed by atoms with Crippen molar-refractivity contribution in [1.82, 2.24) is 0 Å². The van der Waals surface area contributed by atoms with E-state index in [1.807, 2.05) is 0 Å². The molecule has 0 bridgehead atoms. The number of nitrogens with one attached hydrogen (secondary N) is 1. The van der Waals surface area contributed by atoms with Gasteiger partial charge in [-0.15, -0.1) is 11.3 Å². The van der Waals surface area contributed by atoms with E-state index in [4.69, 9.17) is 9.47 Å². The maximum atomic E-state index is 12.6. The molecule has 32 heavy (non-hydrogen) atoms. The molecule has 1 N–H and O–H groups in total. The molecular formula is C23H20N2O6S. The van der Waals surface area contributed by atoms with Gasteiger partial charge < -0.3 is 14.8 Å². The zero-order valence-corrected chi connectivity index (χ0v) is 18.2. The van der Waals surface area contributed by atoms with Gasteiger partial charge in [0.15, 0.2) is 0 Å². The van der Waals surface area contributed by atoms with Gasteiger partial charge in [0.1, 0.15) is 16.3 Å². The largest absolute Gasteiger partial charge is 0.497 e. The number of amides is 1. The number of nitro groups is 1. The smallest absolute Gasteiger partial charge is 0.341 e. The van der Waals surface area contributed by atoms with Crippen LogP contribution in [0.2, 0.25) is 0 Å². The molecule has 0 aliphatic carbocycles. The molecule has 0 unspecified atom stereocenters. The standard InChI is InChI=1S/C23H20N2O6S/c1-3-31-23(27)21-19(16-5-4-6-17(13-16)25(28)29)14-32-22(21)24-20(26)12-9-15-7-10-18(30-2)11-8-15/h4-14H,3H2,1-2H3,(H,24,26). The van der Waals surface area contributed by atoms with E-state index in [0.717, 1.165) is 16.9 Å². The maximum absolute atomic E-state index is 12.6. The summed E-state index contributed by atoms with van der Waals surface area (Å²) in [7, 11) is 1.57. The highest BCUT2D eigenvalue weighted by molar-refractivity contribution is 7.15. The molecular weight excluding hydrogens is 432 g/mol. The first-order chi connectivity index (χ1) is 15.4. The molecule has 8 nitrogen and oxygen atoms in total. The van der Waals surface area contributed by atoms with Crippen LogP contribution in [0.4, 0.5) is 10.7 Å². The van der Waals surface area contributed by atoms with E-state index in [1.54, 1.807) is 55.8 Å². The van der Waals surface area contributed by atoms with Crippen LogP contribution in [-0.4, -0.2) is 30.5 Å². The lowest BCUT2D eigenvalue weighted by atomic mass is 10.0. The second-order valence-electron chi connectivity index (χ2n) is 6.48. The summed E-state index contributed by atoms with van der Waals surface area (Å²) in [5.41, 5.74) is 1.79. The minimum absolute atomic E-state index is 0.100. The number of carbonyl (C=O) groups excluding carboxylic acids is 2. The number of methoxy groups -OCH3 is 1. The molecule has 0 aliphatic heterocycles. The number of hydrogen-bond acceptors (Lipinski definition) is 7. The first kappa shape index (κ1) is 22.7. The van der Waals surface area contributed by atoms with Gasteiger partial charge in [0.2, 0.25) is 5.91 Å². The minimum atomic E-state index is -0.621. The summed E-state index contributed by atoms with van der Waals surface area (Å²) in [6, 6.07) is 13.1. The van der Waals surface area contributed by atoms with Crippen LogP contribution < -0.4 is 10.1 Å². The normalized spacial score (nSPS) is 10.7. The number of non-ortho nitro benzene ring substituents is 1. The van der Waals surface area contributed by atoms with E-state index in [2.05, 4.69) is 5.32 Å². The van der Waals surface area contributed by atoms with E-state index < -0.39 is 16.8 Å². The Morgan fingerprint density at radius 1 is 1.19 bits per heavy atom. The molecule has 2 aromatic carbocycles. The van der Waals surface area contributed by atoms with Crippen LogP contribution in [0.25, 0.3) is 17.2 Å². The van der Waals surface area contributed by atoms with Gasteiger partial charge in [-0.25, -0.2) is 4.79 Å². The van der Waals surface area contributed by atoms with Crippen molar-refractivity contribution in [3.05, 3.63) is 81.2 Å². The van der Waals surface area contributed by atoms with E-state index in [1.165, 1.54) is 24.3 Å². The van der Waals surface area contributed by atoms with Gasteiger partial charge >= 0.3 is 5.97 Å². The number of nitrogens with zero attached hydrogens (tertiary/aromatic N) is 1. The number of nitro benzene ring substituents is 1. The number of carbonyl (C=O) groups is 2. The Balaban J connectivity index is 1.88. The van der Waals surface area contributed by atoms with Crippen LogP contribution in [0.1, 0.15) is 22.8 Å². The summed E-state index contributed by atoms with van der Waals surface area (Å²) in [5, 5.41) is 15.8. The molecule has 1 amide bonds. The average Bonchev–Trinajstić information content (AvgIpc) is 3.21. The van der Waals surface area contributed by atoms with E-state index in [9.17, 15) is 19.7 Å². The van der Waals surface area contributed by atoms with Crippen LogP contribution in [0.5, 0.6) is 5.75 Å². The molecule has 9 heteroatoms. The van der Waals surface area contributed by atoms with Gasteiger partial charge in [0.25, 0.3) is 5.69 Å². The zero-order chi connectivity index (χ0) is 23.1. The summed E-state index contributed by atoms with van der Waals surface area (Å²) in [6.45, 7) is 1.82. The molecule has 0 saturated heterocycles. The Kier molecular flexibility index (Phi) is 7.35. The van der Waals surface area contributed by atoms with Gasteiger partial charge in [0.05, 0.1) is 18.6 Å². The number of thiophene rings is 1. The molecule has 0 spiro atoms. The fourth-order valence-electron chi connectivity index (χ4n) is 2.90. The molecule has 0 saturated carbocycles. The second-order valence-corrected chi connectivity index (χ2v) is 7.36. The molecule has 164 valence electrons. The Morgan fingerprint density at radius 3 is 2.59 bits per heavy atom. The Bertz CT molecular complexity index is 1170. The third-order valence-electron chi connectivity index (χ3n) is 4.42. The van der Waals surface area contributed by atoms with E-state index in [-0.39, 0.29) is 17.9 Å². The summed E-state index contributed by atoms with van der Waals surface area (Å²) >= 11 is 1.14. The molecule has 0 fully saturated rings. The maximum Gasteiger partial charge on any atom is 0.341 e. The number of esters is 1. The van der Waals surface area contributed by atoms with Crippen LogP contribution >= 0.6 is 11.3 Å². The van der Waals surface area contributed by atoms with Gasteiger partial charge in [-0.1, -0.05) is 24.3 Å². The fourth-order valence-corrected chi connectivity index (χ4v) is 3.86. The summed E-state index contributed by atoms with van der Waals surface area (Å²) in [5.74, 6) is -0.346. The van der Waals surface area contributed by atoms with Crippen molar-refractivity contribution in [1.29, 1.82) is 0 Å². The van der Waals surface area contributed by atoms with E-state index >= 15 is 0 Å². The summed E-state index contributed by atoms with van der Waals surface area (Å²) < 4.78 is 10.3. The topological polar surface area (TPSA) is 108 Å². The van der Waals surface area contributed by atoms with Crippen molar-refractivity contribution < 1.29 is 24.0 Å². The molecule has 1 aromatic heterocycles. The average molecular weight is 452 g/mol. The van der Waals surface area contributed by atoms with Crippen LogP contribution in [-0.2, 0) is 9.53 Å². The van der Waals surface area contributed by atoms with Crippen molar-refractivity contribution in [3.8, 4) is 16.9 Å². The third-order valence-corrected chi connectivity index (χ3v) is 5.31. The highest BCUT2D eigenvalue weighted by Gasteiger charge is 2.23. The van der Waals surface area contributed by atoms with Crippen molar-refractivity contribution in [2.75, 3.05) is 19.0 Å². The molecule has 3 rings (SSSR count). The quantitative estimate of drug-likeness (QED) is 0.219. The predicted octanol–water partition coefficient (Wildman–Crippen LogP) is 5.16. The van der Waals surface area contributed by atoms with Gasteiger partial charge in [-0.2, -0.15) is 0 Å². The minimum Gasteiger partial charge on any atom is -0.497 e. The zero-order valence-electron chi connectivity index (χ0n) is 17.4. The first-order valence-electron chi connectivity index (χ1n) is 9.59. The highest BCUT2D eigenvalue weighted by Crippen LogP contribution is 2.37. The van der Waals surface area contributed by atoms with Gasteiger partial charge in [-0.3, -0.25) is 14.9 Å². The van der Waals surface area contributed by atoms with Crippen molar-refractivity contribution in [2.24, 2.45) is 0 Å². The van der Waals surface area contributed by atoms with Crippen LogP contribution in [0.3, 0.4) is 0 Å². The predicted molar refractivity (Wildman–Crippen MR) is 123 cm³/mol. The lowest BCUT2D eigenvalue weighted by Crippen LogP contribution is -2.12. The third kappa shape index (κ3) is 5.38. The lowest BCUT2D eigenvalue weighted by Gasteiger charge is -2.08. The Hall–Kier alpha value is -3.98. The van der Waals surface area contributed by atoms with E-state index in [0.29, 0.717) is 21.9 Å². The molecule has 0 radical (unpaired) electrons.